The Morgan fingerprint density at radius 2 is 1.96 bits per heavy atom. The molecule has 0 atom stereocenters. The predicted molar refractivity (Wildman–Crippen MR) is 112 cm³/mol. The molecule has 1 aliphatic heterocycles. The highest BCUT2D eigenvalue weighted by atomic mass is 16.5. The van der Waals surface area contributed by atoms with Gasteiger partial charge in [0.25, 0.3) is 5.91 Å². The molecule has 5 nitrogen and oxygen atoms in total. The van der Waals surface area contributed by atoms with Crippen LogP contribution in [0.2, 0.25) is 0 Å². The second-order valence-corrected chi connectivity index (χ2v) is 7.83. The number of quaternary nitrogens is 1. The normalized spacial score (nSPS) is 15.0. The topological polar surface area (TPSA) is 47.7 Å². The molecule has 28 heavy (non-hydrogen) atoms. The summed E-state index contributed by atoms with van der Waals surface area (Å²) < 4.78 is 7.60. The van der Waals surface area contributed by atoms with Gasteiger partial charge in [0.15, 0.2) is 0 Å². The lowest BCUT2D eigenvalue weighted by Crippen LogP contribution is -3.14. The van der Waals surface area contributed by atoms with E-state index in [0.29, 0.717) is 6.54 Å². The molecular formula is C23H34N3O2+. The summed E-state index contributed by atoms with van der Waals surface area (Å²) in [7, 11) is 0. The summed E-state index contributed by atoms with van der Waals surface area (Å²) in [6.45, 7) is 14.6. The number of aryl methyl sites for hydroxylation is 1. The van der Waals surface area contributed by atoms with Gasteiger partial charge in [0.1, 0.15) is 18.8 Å². The molecule has 1 aromatic carbocycles. The van der Waals surface area contributed by atoms with Crippen molar-refractivity contribution >= 4 is 5.91 Å². The number of nitrogens with zero attached hydrogens (tertiary/aromatic N) is 1. The number of amides is 1. The van der Waals surface area contributed by atoms with E-state index in [0.717, 1.165) is 57.1 Å². The Bertz CT molecular complexity index is 819. The third-order valence-corrected chi connectivity index (χ3v) is 5.88. The smallest absolute Gasteiger partial charge is 0.268 e. The molecule has 0 aliphatic carbocycles. The number of morpholine rings is 1. The van der Waals surface area contributed by atoms with Crippen LogP contribution in [0, 0.1) is 20.8 Å². The Hall–Kier alpha value is -2.11. The number of rotatable bonds is 7. The Kier molecular flexibility index (Phi) is 6.92. The zero-order valence-corrected chi connectivity index (χ0v) is 17.7. The maximum Gasteiger partial charge on any atom is 0.268 e. The van der Waals surface area contributed by atoms with Gasteiger partial charge in [-0.3, -0.25) is 4.79 Å². The molecule has 2 aromatic rings. The Morgan fingerprint density at radius 3 is 2.64 bits per heavy atom. The molecular weight excluding hydrogens is 350 g/mol. The predicted octanol–water partition coefficient (Wildman–Crippen LogP) is 1.67. The average Bonchev–Trinajstić information content (AvgIpc) is 2.92. The molecule has 2 heterocycles. The van der Waals surface area contributed by atoms with E-state index in [4.69, 9.17) is 4.74 Å². The number of benzene rings is 1. The van der Waals surface area contributed by atoms with Gasteiger partial charge in [-0.2, -0.15) is 0 Å². The van der Waals surface area contributed by atoms with Crippen LogP contribution in [-0.4, -0.2) is 49.9 Å². The van der Waals surface area contributed by atoms with Crippen LogP contribution < -0.4 is 10.2 Å². The van der Waals surface area contributed by atoms with E-state index in [1.165, 1.54) is 27.3 Å². The first kappa shape index (κ1) is 20.6. The molecule has 0 unspecified atom stereocenters. The Balaban J connectivity index is 1.77. The molecule has 1 saturated heterocycles. The summed E-state index contributed by atoms with van der Waals surface area (Å²) in [5.74, 6) is 0.0422. The van der Waals surface area contributed by atoms with E-state index in [1.807, 2.05) is 0 Å². The summed E-state index contributed by atoms with van der Waals surface area (Å²) in [5, 5.41) is 3.17. The van der Waals surface area contributed by atoms with Crippen LogP contribution in [0.3, 0.4) is 0 Å². The van der Waals surface area contributed by atoms with Crippen LogP contribution in [0.4, 0.5) is 0 Å². The van der Waals surface area contributed by atoms with Gasteiger partial charge in [0, 0.05) is 12.2 Å². The zero-order chi connectivity index (χ0) is 20.1. The maximum atomic E-state index is 13.1. The number of carbonyl (C=O) groups is 1. The van der Waals surface area contributed by atoms with Gasteiger partial charge in [0.2, 0.25) is 0 Å². The monoisotopic (exact) mass is 384 g/mol. The minimum Gasteiger partial charge on any atom is -0.370 e. The van der Waals surface area contributed by atoms with E-state index in [-0.39, 0.29) is 5.91 Å². The average molecular weight is 385 g/mol. The van der Waals surface area contributed by atoms with E-state index in [9.17, 15) is 4.79 Å². The highest BCUT2D eigenvalue weighted by Gasteiger charge is 2.22. The summed E-state index contributed by atoms with van der Waals surface area (Å²) in [6.07, 6.45) is 0.941. The molecule has 0 radical (unpaired) electrons. The number of hydrogen-bond donors (Lipinski definition) is 2. The molecule has 1 fully saturated rings. The molecule has 0 bridgehead atoms. The van der Waals surface area contributed by atoms with Gasteiger partial charge >= 0.3 is 0 Å². The molecule has 2 N–H and O–H groups in total. The number of aromatic nitrogens is 1. The SMILES string of the molecule is CCc1c(C)c(C(=O)NCC[NH+]2CCOCC2)n(Cc2cccc(C)c2)c1C. The van der Waals surface area contributed by atoms with Crippen LogP contribution >= 0.6 is 0 Å². The first-order valence-corrected chi connectivity index (χ1v) is 10.4. The molecule has 152 valence electrons. The van der Waals surface area contributed by atoms with E-state index < -0.39 is 0 Å². The van der Waals surface area contributed by atoms with Crippen molar-refractivity contribution < 1.29 is 14.4 Å². The van der Waals surface area contributed by atoms with Gasteiger partial charge in [0.05, 0.1) is 26.3 Å². The van der Waals surface area contributed by atoms with Crippen molar-refractivity contribution in [3.8, 4) is 0 Å². The molecule has 5 heteroatoms. The number of ether oxygens (including phenoxy) is 1. The van der Waals surface area contributed by atoms with E-state index >= 15 is 0 Å². The molecule has 0 saturated carbocycles. The van der Waals surface area contributed by atoms with Gasteiger partial charge in [-0.1, -0.05) is 36.8 Å². The van der Waals surface area contributed by atoms with Crippen molar-refractivity contribution in [2.75, 3.05) is 39.4 Å². The van der Waals surface area contributed by atoms with Crippen LogP contribution in [0.15, 0.2) is 24.3 Å². The van der Waals surface area contributed by atoms with Gasteiger partial charge in [-0.25, -0.2) is 0 Å². The fraction of sp³-hybridized carbons (Fsp3) is 0.522. The number of hydrogen-bond acceptors (Lipinski definition) is 2. The van der Waals surface area contributed by atoms with Crippen LogP contribution in [0.25, 0.3) is 0 Å². The first-order chi connectivity index (χ1) is 13.5. The largest absolute Gasteiger partial charge is 0.370 e. The van der Waals surface area contributed by atoms with E-state index in [2.05, 4.69) is 61.8 Å². The van der Waals surface area contributed by atoms with Gasteiger partial charge < -0.3 is 19.5 Å². The van der Waals surface area contributed by atoms with Crippen LogP contribution in [0.5, 0.6) is 0 Å². The van der Waals surface area contributed by atoms with Crippen LogP contribution in [-0.2, 0) is 17.7 Å². The minimum atomic E-state index is 0.0422. The molecule has 1 aliphatic rings. The zero-order valence-electron chi connectivity index (χ0n) is 17.7. The van der Waals surface area contributed by atoms with Crippen molar-refractivity contribution in [3.05, 3.63) is 57.9 Å². The molecule has 1 amide bonds. The van der Waals surface area contributed by atoms with Crippen molar-refractivity contribution in [2.24, 2.45) is 0 Å². The summed E-state index contributed by atoms with van der Waals surface area (Å²) >= 11 is 0. The first-order valence-electron chi connectivity index (χ1n) is 10.4. The second kappa shape index (κ2) is 9.39. The summed E-state index contributed by atoms with van der Waals surface area (Å²) in [6, 6.07) is 8.53. The maximum absolute atomic E-state index is 13.1. The van der Waals surface area contributed by atoms with Crippen LogP contribution in [0.1, 0.15) is 45.4 Å². The number of nitrogens with one attached hydrogen (secondary N) is 2. The highest BCUT2D eigenvalue weighted by molar-refractivity contribution is 5.95. The quantitative estimate of drug-likeness (QED) is 0.763. The third kappa shape index (κ3) is 4.65. The lowest BCUT2D eigenvalue weighted by atomic mass is 10.1. The van der Waals surface area contributed by atoms with Gasteiger partial charge in [-0.05, 0) is 43.9 Å². The molecule has 3 rings (SSSR count). The number of carbonyl (C=O) groups excluding carboxylic acids is 1. The Morgan fingerprint density at radius 1 is 1.21 bits per heavy atom. The third-order valence-electron chi connectivity index (χ3n) is 5.88. The fourth-order valence-electron chi connectivity index (χ4n) is 4.30. The molecule has 0 spiro atoms. The second-order valence-electron chi connectivity index (χ2n) is 7.83. The lowest BCUT2D eigenvalue weighted by molar-refractivity contribution is -0.906. The summed E-state index contributed by atoms with van der Waals surface area (Å²) in [4.78, 5) is 14.6. The lowest BCUT2D eigenvalue weighted by Gasteiger charge is -2.23. The van der Waals surface area contributed by atoms with Gasteiger partial charge in [-0.15, -0.1) is 0 Å². The Labute approximate surface area is 168 Å². The van der Waals surface area contributed by atoms with Crippen molar-refractivity contribution in [1.82, 2.24) is 9.88 Å². The van der Waals surface area contributed by atoms with Crippen molar-refractivity contribution in [3.63, 3.8) is 0 Å². The minimum absolute atomic E-state index is 0.0422. The van der Waals surface area contributed by atoms with Crippen molar-refractivity contribution in [2.45, 2.75) is 40.7 Å². The standard InChI is InChI=1S/C23H33N3O2/c1-5-21-18(3)22(23(27)24-9-10-25-11-13-28-14-12-25)26(19(21)4)16-20-8-6-7-17(2)15-20/h6-8,15H,5,9-14,16H2,1-4H3,(H,24,27)/p+1. The van der Waals surface area contributed by atoms with Crippen molar-refractivity contribution in [1.29, 1.82) is 0 Å². The van der Waals surface area contributed by atoms with E-state index in [1.54, 1.807) is 0 Å². The highest BCUT2D eigenvalue weighted by Crippen LogP contribution is 2.24. The molecule has 1 aromatic heterocycles. The fourth-order valence-corrected chi connectivity index (χ4v) is 4.30. The summed E-state index contributed by atoms with van der Waals surface area (Å²) in [5.41, 5.74) is 6.89.